The zero-order valence-corrected chi connectivity index (χ0v) is 16.5. The Morgan fingerprint density at radius 2 is 1.89 bits per heavy atom. The lowest BCUT2D eigenvalue weighted by Crippen LogP contribution is -2.50. The van der Waals surface area contributed by atoms with E-state index < -0.39 is 5.41 Å². The van der Waals surface area contributed by atoms with Crippen molar-refractivity contribution in [1.29, 1.82) is 0 Å². The SMILES string of the molecule is C[C@H]1C[C@H]1C(=O)N1CCC(Cc2ccccc2-c2cccs2)(C(N)=O)CC1. The summed E-state index contributed by atoms with van der Waals surface area (Å²) in [5.74, 6) is 0.735. The van der Waals surface area contributed by atoms with E-state index in [1.165, 1.54) is 10.4 Å². The van der Waals surface area contributed by atoms with Gasteiger partial charge in [0.05, 0.1) is 5.41 Å². The highest BCUT2D eigenvalue weighted by molar-refractivity contribution is 7.13. The van der Waals surface area contributed by atoms with E-state index in [0.717, 1.165) is 12.0 Å². The summed E-state index contributed by atoms with van der Waals surface area (Å²) in [4.78, 5) is 28.2. The number of piperidine rings is 1. The molecule has 27 heavy (non-hydrogen) atoms. The van der Waals surface area contributed by atoms with E-state index >= 15 is 0 Å². The summed E-state index contributed by atoms with van der Waals surface area (Å²) in [5.41, 5.74) is 7.67. The van der Waals surface area contributed by atoms with Gasteiger partial charge in [0.25, 0.3) is 0 Å². The smallest absolute Gasteiger partial charge is 0.225 e. The van der Waals surface area contributed by atoms with Crippen LogP contribution >= 0.6 is 11.3 Å². The molecule has 0 radical (unpaired) electrons. The van der Waals surface area contributed by atoms with E-state index in [4.69, 9.17) is 5.73 Å². The Labute approximate surface area is 164 Å². The minimum absolute atomic E-state index is 0.200. The van der Waals surface area contributed by atoms with Gasteiger partial charge in [0.2, 0.25) is 11.8 Å². The van der Waals surface area contributed by atoms with Crippen LogP contribution in [0.5, 0.6) is 0 Å². The average molecular weight is 383 g/mol. The lowest BCUT2D eigenvalue weighted by molar-refractivity contribution is -0.140. The molecule has 2 atom stereocenters. The molecule has 2 heterocycles. The molecule has 0 spiro atoms. The number of rotatable bonds is 5. The van der Waals surface area contributed by atoms with Crippen molar-refractivity contribution in [2.45, 2.75) is 32.6 Å². The Morgan fingerprint density at radius 1 is 1.19 bits per heavy atom. The maximum Gasteiger partial charge on any atom is 0.225 e. The molecule has 142 valence electrons. The van der Waals surface area contributed by atoms with Gasteiger partial charge in [0.15, 0.2) is 0 Å². The number of hydrogen-bond donors (Lipinski definition) is 1. The number of benzene rings is 1. The molecule has 0 unspecified atom stereocenters. The van der Waals surface area contributed by atoms with Crippen molar-refractivity contribution in [2.75, 3.05) is 13.1 Å². The van der Waals surface area contributed by atoms with Crippen molar-refractivity contribution in [3.05, 3.63) is 47.3 Å². The standard InChI is InChI=1S/C22H26N2O2S/c1-15-13-18(15)20(25)24-10-8-22(9-11-24,21(23)26)14-16-5-2-3-6-17(16)19-7-4-12-27-19/h2-7,12,15,18H,8-11,13-14H2,1H3,(H2,23,26)/t15-,18+/m0/s1. The topological polar surface area (TPSA) is 63.4 Å². The Bertz CT molecular complexity index is 838. The van der Waals surface area contributed by atoms with Crippen LogP contribution in [0.25, 0.3) is 10.4 Å². The predicted molar refractivity (Wildman–Crippen MR) is 108 cm³/mol. The minimum Gasteiger partial charge on any atom is -0.369 e. The maximum absolute atomic E-state index is 12.5. The third kappa shape index (κ3) is 3.53. The van der Waals surface area contributed by atoms with Crippen LogP contribution in [0.15, 0.2) is 41.8 Å². The number of thiophene rings is 1. The first-order valence-electron chi connectivity index (χ1n) is 9.71. The average Bonchev–Trinajstić information content (AvgIpc) is 3.17. The zero-order valence-electron chi connectivity index (χ0n) is 15.7. The summed E-state index contributed by atoms with van der Waals surface area (Å²) >= 11 is 1.71. The van der Waals surface area contributed by atoms with Gasteiger partial charge in [-0.3, -0.25) is 9.59 Å². The largest absolute Gasteiger partial charge is 0.369 e. The van der Waals surface area contributed by atoms with Crippen LogP contribution in [0.2, 0.25) is 0 Å². The lowest BCUT2D eigenvalue weighted by atomic mass is 9.72. The molecule has 1 saturated heterocycles. The molecular weight excluding hydrogens is 356 g/mol. The second kappa shape index (κ2) is 7.12. The van der Waals surface area contributed by atoms with Crippen LogP contribution in [0.4, 0.5) is 0 Å². The molecule has 2 amide bonds. The van der Waals surface area contributed by atoms with Gasteiger partial charge in [-0.05, 0) is 54.2 Å². The molecule has 4 nitrogen and oxygen atoms in total. The summed E-state index contributed by atoms with van der Waals surface area (Å²) in [7, 11) is 0. The molecule has 1 saturated carbocycles. The number of likely N-dealkylation sites (tertiary alicyclic amines) is 1. The lowest BCUT2D eigenvalue weighted by Gasteiger charge is -2.40. The Morgan fingerprint density at radius 3 is 2.48 bits per heavy atom. The normalized spacial score (nSPS) is 23.8. The van der Waals surface area contributed by atoms with Crippen LogP contribution in [0.3, 0.4) is 0 Å². The molecule has 2 N–H and O–H groups in total. The van der Waals surface area contributed by atoms with Crippen molar-refractivity contribution in [3.8, 4) is 10.4 Å². The molecular formula is C22H26N2O2S. The second-order valence-electron chi connectivity index (χ2n) is 8.10. The van der Waals surface area contributed by atoms with Gasteiger partial charge in [-0.1, -0.05) is 37.3 Å². The Hall–Kier alpha value is -2.14. The van der Waals surface area contributed by atoms with Gasteiger partial charge in [-0.15, -0.1) is 11.3 Å². The monoisotopic (exact) mass is 382 g/mol. The van der Waals surface area contributed by atoms with Crippen LogP contribution in [0, 0.1) is 17.3 Å². The summed E-state index contributed by atoms with van der Waals surface area (Å²) in [5, 5.41) is 2.07. The molecule has 1 aromatic heterocycles. The fraction of sp³-hybridized carbons (Fsp3) is 0.455. The summed E-state index contributed by atoms with van der Waals surface area (Å²) < 4.78 is 0. The van der Waals surface area contributed by atoms with Gasteiger partial charge < -0.3 is 10.6 Å². The van der Waals surface area contributed by atoms with Crippen LogP contribution in [-0.4, -0.2) is 29.8 Å². The van der Waals surface area contributed by atoms with E-state index in [-0.39, 0.29) is 17.7 Å². The van der Waals surface area contributed by atoms with Crippen LogP contribution in [-0.2, 0) is 16.0 Å². The zero-order chi connectivity index (χ0) is 19.0. The number of nitrogens with zero attached hydrogens (tertiary/aromatic N) is 1. The van der Waals surface area contributed by atoms with Gasteiger partial charge in [0.1, 0.15) is 0 Å². The van der Waals surface area contributed by atoms with E-state index in [9.17, 15) is 9.59 Å². The number of hydrogen-bond acceptors (Lipinski definition) is 3. The van der Waals surface area contributed by atoms with Gasteiger partial charge in [0, 0.05) is 23.9 Å². The fourth-order valence-electron chi connectivity index (χ4n) is 4.28. The van der Waals surface area contributed by atoms with E-state index in [0.29, 0.717) is 38.3 Å². The van der Waals surface area contributed by atoms with Crippen molar-refractivity contribution in [3.63, 3.8) is 0 Å². The Balaban J connectivity index is 1.53. The first kappa shape index (κ1) is 18.2. The van der Waals surface area contributed by atoms with Gasteiger partial charge >= 0.3 is 0 Å². The summed E-state index contributed by atoms with van der Waals surface area (Å²) in [6.45, 7) is 3.39. The number of nitrogens with two attached hydrogens (primary N) is 1. The summed E-state index contributed by atoms with van der Waals surface area (Å²) in [6.07, 6.45) is 2.94. The minimum atomic E-state index is -0.570. The first-order valence-corrected chi connectivity index (χ1v) is 10.6. The van der Waals surface area contributed by atoms with Crippen molar-refractivity contribution in [2.24, 2.45) is 23.0 Å². The molecule has 1 aromatic carbocycles. The van der Waals surface area contributed by atoms with E-state index in [1.807, 2.05) is 23.1 Å². The van der Waals surface area contributed by atoms with E-state index in [2.05, 4.69) is 30.5 Å². The molecule has 4 rings (SSSR count). The van der Waals surface area contributed by atoms with Crippen molar-refractivity contribution >= 4 is 23.2 Å². The molecule has 0 bridgehead atoms. The highest BCUT2D eigenvalue weighted by Gasteiger charge is 2.46. The molecule has 2 fully saturated rings. The first-order chi connectivity index (χ1) is 13.0. The molecule has 1 aliphatic carbocycles. The molecule has 5 heteroatoms. The van der Waals surface area contributed by atoms with Gasteiger partial charge in [-0.2, -0.15) is 0 Å². The maximum atomic E-state index is 12.5. The predicted octanol–water partition coefficient (Wildman–Crippen LogP) is 3.71. The van der Waals surface area contributed by atoms with Crippen LogP contribution < -0.4 is 5.73 Å². The third-order valence-corrected chi connectivity index (χ3v) is 7.22. The van der Waals surface area contributed by atoms with Gasteiger partial charge in [-0.25, -0.2) is 0 Å². The summed E-state index contributed by atoms with van der Waals surface area (Å²) in [6, 6.07) is 12.4. The Kier molecular flexibility index (Phi) is 4.81. The number of amides is 2. The number of primary amides is 1. The molecule has 2 aliphatic rings. The highest BCUT2D eigenvalue weighted by Crippen LogP contribution is 2.42. The van der Waals surface area contributed by atoms with Crippen LogP contribution in [0.1, 0.15) is 31.7 Å². The van der Waals surface area contributed by atoms with Crippen molar-refractivity contribution in [1.82, 2.24) is 4.90 Å². The highest BCUT2D eigenvalue weighted by atomic mass is 32.1. The fourth-order valence-corrected chi connectivity index (χ4v) is 5.06. The third-order valence-electron chi connectivity index (χ3n) is 6.31. The molecule has 1 aliphatic heterocycles. The van der Waals surface area contributed by atoms with E-state index in [1.54, 1.807) is 11.3 Å². The second-order valence-corrected chi connectivity index (χ2v) is 9.05. The molecule has 2 aromatic rings. The number of carbonyl (C=O) groups is 2. The quantitative estimate of drug-likeness (QED) is 0.857. The number of carbonyl (C=O) groups excluding carboxylic acids is 2. The van der Waals surface area contributed by atoms with Crippen molar-refractivity contribution < 1.29 is 9.59 Å².